The quantitative estimate of drug-likeness (QED) is 0.681. The molecule has 0 aromatic heterocycles. The minimum atomic E-state index is -0.183. The Kier molecular flexibility index (Phi) is 2.98. The lowest BCUT2D eigenvalue weighted by atomic mass is 9.86. The molecule has 60 valence electrons. The molecule has 1 aliphatic heterocycles. The van der Waals surface area contributed by atoms with E-state index in [2.05, 4.69) is 0 Å². The van der Waals surface area contributed by atoms with E-state index in [-0.39, 0.29) is 12.1 Å². The van der Waals surface area contributed by atoms with E-state index in [9.17, 15) is 4.39 Å². The van der Waals surface area contributed by atoms with Crippen LogP contribution in [0.4, 0.5) is 4.39 Å². The lowest BCUT2D eigenvalue weighted by molar-refractivity contribution is 0.226. The van der Waals surface area contributed by atoms with Gasteiger partial charge in [0.25, 0.3) is 0 Å². The highest BCUT2D eigenvalue weighted by Crippen LogP contribution is 2.38. The van der Waals surface area contributed by atoms with Gasteiger partial charge >= 0.3 is 0 Å². The Morgan fingerprint density at radius 3 is 2.80 bits per heavy atom. The maximum Gasteiger partial charge on any atom is 0.0959 e. The molecular formula is C7H14FNS. The average molecular weight is 163 g/mol. The first-order valence-corrected chi connectivity index (χ1v) is 4.82. The molecule has 0 saturated carbocycles. The smallest absolute Gasteiger partial charge is 0.0959 e. The summed E-state index contributed by atoms with van der Waals surface area (Å²) in [7, 11) is 0. The molecule has 0 spiro atoms. The molecule has 0 bridgehead atoms. The zero-order valence-electron chi connectivity index (χ0n) is 6.11. The molecule has 0 amide bonds. The summed E-state index contributed by atoms with van der Waals surface area (Å²) >= 11 is 1.85. The van der Waals surface area contributed by atoms with Gasteiger partial charge in [0.1, 0.15) is 0 Å². The summed E-state index contributed by atoms with van der Waals surface area (Å²) in [6, 6.07) is 0. The molecule has 2 N–H and O–H groups in total. The second-order valence-electron chi connectivity index (χ2n) is 2.97. The van der Waals surface area contributed by atoms with Crippen LogP contribution in [0.5, 0.6) is 0 Å². The Morgan fingerprint density at radius 2 is 2.40 bits per heavy atom. The van der Waals surface area contributed by atoms with Gasteiger partial charge < -0.3 is 5.73 Å². The SMILES string of the molecule is NCCC1(CF)CCSC1. The summed E-state index contributed by atoms with van der Waals surface area (Å²) in [6.45, 7) is 0.446. The number of rotatable bonds is 3. The summed E-state index contributed by atoms with van der Waals surface area (Å²) in [6.07, 6.45) is 1.88. The highest BCUT2D eigenvalue weighted by atomic mass is 32.2. The minimum Gasteiger partial charge on any atom is -0.330 e. The Hall–Kier alpha value is 0.240. The third kappa shape index (κ3) is 1.64. The van der Waals surface area contributed by atoms with Gasteiger partial charge in [-0.15, -0.1) is 0 Å². The Bertz CT molecular complexity index is 102. The summed E-state index contributed by atoms with van der Waals surface area (Å²) in [5.41, 5.74) is 5.35. The summed E-state index contributed by atoms with van der Waals surface area (Å²) in [5.74, 6) is 2.09. The second-order valence-corrected chi connectivity index (χ2v) is 4.08. The first-order valence-electron chi connectivity index (χ1n) is 3.67. The number of nitrogens with two attached hydrogens (primary N) is 1. The van der Waals surface area contributed by atoms with Gasteiger partial charge in [-0.2, -0.15) is 11.8 Å². The first-order chi connectivity index (χ1) is 4.83. The van der Waals surface area contributed by atoms with Crippen molar-refractivity contribution in [2.24, 2.45) is 11.1 Å². The van der Waals surface area contributed by atoms with Crippen molar-refractivity contribution in [3.63, 3.8) is 0 Å². The molecule has 1 nitrogen and oxygen atoms in total. The average Bonchev–Trinajstić information content (AvgIpc) is 2.39. The fraction of sp³-hybridized carbons (Fsp3) is 1.00. The monoisotopic (exact) mass is 163 g/mol. The van der Waals surface area contributed by atoms with E-state index in [0.717, 1.165) is 24.3 Å². The zero-order valence-corrected chi connectivity index (χ0v) is 6.92. The van der Waals surface area contributed by atoms with Crippen molar-refractivity contribution in [3.8, 4) is 0 Å². The van der Waals surface area contributed by atoms with E-state index >= 15 is 0 Å². The van der Waals surface area contributed by atoms with E-state index in [0.29, 0.717) is 6.54 Å². The molecule has 0 radical (unpaired) electrons. The first kappa shape index (κ1) is 8.34. The molecule has 1 atom stereocenters. The number of hydrogen-bond acceptors (Lipinski definition) is 2. The van der Waals surface area contributed by atoms with Gasteiger partial charge in [0, 0.05) is 11.2 Å². The summed E-state index contributed by atoms with van der Waals surface area (Å²) in [5, 5.41) is 0. The lowest BCUT2D eigenvalue weighted by Crippen LogP contribution is -2.26. The van der Waals surface area contributed by atoms with Gasteiger partial charge in [-0.1, -0.05) is 0 Å². The van der Waals surface area contributed by atoms with E-state index in [4.69, 9.17) is 5.73 Å². The van der Waals surface area contributed by atoms with Crippen LogP contribution in [0, 0.1) is 5.41 Å². The number of halogens is 1. The second kappa shape index (κ2) is 3.58. The van der Waals surface area contributed by atoms with E-state index in [1.807, 2.05) is 11.8 Å². The van der Waals surface area contributed by atoms with Gasteiger partial charge in [0.15, 0.2) is 0 Å². The highest BCUT2D eigenvalue weighted by molar-refractivity contribution is 7.99. The molecule has 1 saturated heterocycles. The largest absolute Gasteiger partial charge is 0.330 e. The number of hydrogen-bond donors (Lipinski definition) is 1. The van der Waals surface area contributed by atoms with Crippen molar-refractivity contribution >= 4 is 11.8 Å². The lowest BCUT2D eigenvalue weighted by Gasteiger charge is -2.22. The van der Waals surface area contributed by atoms with Crippen molar-refractivity contribution < 1.29 is 4.39 Å². The highest BCUT2D eigenvalue weighted by Gasteiger charge is 2.33. The molecule has 0 aromatic carbocycles. The molecule has 10 heavy (non-hydrogen) atoms. The van der Waals surface area contributed by atoms with E-state index in [1.165, 1.54) is 0 Å². The molecule has 1 rings (SSSR count). The van der Waals surface area contributed by atoms with Gasteiger partial charge in [-0.3, -0.25) is 4.39 Å². The third-order valence-corrected chi connectivity index (χ3v) is 3.45. The molecule has 1 heterocycles. The van der Waals surface area contributed by atoms with Crippen LogP contribution in [0.25, 0.3) is 0 Å². The van der Waals surface area contributed by atoms with Crippen LogP contribution >= 0.6 is 11.8 Å². The number of thioether (sulfide) groups is 1. The predicted molar refractivity (Wildman–Crippen MR) is 44.0 cm³/mol. The van der Waals surface area contributed by atoms with Crippen LogP contribution in [0.15, 0.2) is 0 Å². The van der Waals surface area contributed by atoms with Crippen LogP contribution < -0.4 is 5.73 Å². The van der Waals surface area contributed by atoms with Crippen molar-refractivity contribution in [1.82, 2.24) is 0 Å². The third-order valence-electron chi connectivity index (χ3n) is 2.14. The molecule has 0 aliphatic carbocycles. The van der Waals surface area contributed by atoms with E-state index < -0.39 is 0 Å². The van der Waals surface area contributed by atoms with Crippen molar-refractivity contribution in [1.29, 1.82) is 0 Å². The fourth-order valence-electron chi connectivity index (χ4n) is 1.33. The van der Waals surface area contributed by atoms with Gasteiger partial charge in [-0.25, -0.2) is 0 Å². The maximum absolute atomic E-state index is 12.5. The zero-order chi connectivity index (χ0) is 7.45. The Morgan fingerprint density at radius 1 is 1.60 bits per heavy atom. The maximum atomic E-state index is 12.5. The van der Waals surface area contributed by atoms with Crippen LogP contribution in [-0.2, 0) is 0 Å². The predicted octanol–water partition coefficient (Wildman–Crippen LogP) is 1.43. The van der Waals surface area contributed by atoms with Crippen LogP contribution in [-0.4, -0.2) is 24.7 Å². The van der Waals surface area contributed by atoms with Crippen molar-refractivity contribution in [2.75, 3.05) is 24.7 Å². The topological polar surface area (TPSA) is 26.0 Å². The molecule has 1 fully saturated rings. The van der Waals surface area contributed by atoms with Crippen molar-refractivity contribution in [2.45, 2.75) is 12.8 Å². The molecule has 3 heteroatoms. The van der Waals surface area contributed by atoms with Gasteiger partial charge in [0.2, 0.25) is 0 Å². The normalized spacial score (nSPS) is 33.0. The van der Waals surface area contributed by atoms with Crippen LogP contribution in [0.1, 0.15) is 12.8 Å². The van der Waals surface area contributed by atoms with Crippen molar-refractivity contribution in [3.05, 3.63) is 0 Å². The van der Waals surface area contributed by atoms with Gasteiger partial charge in [-0.05, 0) is 25.1 Å². The fourth-order valence-corrected chi connectivity index (χ4v) is 2.85. The minimum absolute atomic E-state index is 0.0422. The molecule has 0 aromatic rings. The van der Waals surface area contributed by atoms with Crippen LogP contribution in [0.2, 0.25) is 0 Å². The van der Waals surface area contributed by atoms with E-state index in [1.54, 1.807) is 0 Å². The Labute approximate surface area is 65.6 Å². The van der Waals surface area contributed by atoms with Gasteiger partial charge in [0.05, 0.1) is 6.67 Å². The van der Waals surface area contributed by atoms with Crippen LogP contribution in [0.3, 0.4) is 0 Å². The number of alkyl halides is 1. The summed E-state index contributed by atoms with van der Waals surface area (Å²) in [4.78, 5) is 0. The molecular weight excluding hydrogens is 149 g/mol. The Balaban J connectivity index is 2.41. The standard InChI is InChI=1S/C7H14FNS/c8-5-7(1-3-9)2-4-10-6-7/h1-6,9H2. The molecule has 1 aliphatic rings. The summed E-state index contributed by atoms with van der Waals surface area (Å²) < 4.78 is 12.5. The molecule has 1 unspecified atom stereocenters.